The lowest BCUT2D eigenvalue weighted by Crippen LogP contribution is -2.49. The van der Waals surface area contributed by atoms with Gasteiger partial charge >= 0.3 is 0 Å². The third-order valence-corrected chi connectivity index (χ3v) is 4.69. The highest BCUT2D eigenvalue weighted by molar-refractivity contribution is 4.77. The molecule has 0 amide bonds. The van der Waals surface area contributed by atoms with Crippen LogP contribution in [0.25, 0.3) is 0 Å². The van der Waals surface area contributed by atoms with Crippen LogP contribution in [-0.4, -0.2) is 25.8 Å². The zero-order valence-corrected chi connectivity index (χ0v) is 16.7. The molecule has 3 heteroatoms. The van der Waals surface area contributed by atoms with Crippen LogP contribution >= 0.6 is 0 Å². The molecule has 0 saturated carbocycles. The first-order valence-electron chi connectivity index (χ1n) is 10.0. The average Bonchev–Trinajstić information content (AvgIpc) is 2.54. The molecule has 0 aliphatic heterocycles. The van der Waals surface area contributed by atoms with Crippen LogP contribution < -0.4 is 0 Å². The van der Waals surface area contributed by atoms with Crippen LogP contribution in [0, 0.1) is 11.8 Å². The van der Waals surface area contributed by atoms with E-state index in [2.05, 4.69) is 20.8 Å². The number of ether oxygens (including phenoxy) is 3. The second kappa shape index (κ2) is 14.2. The zero-order valence-electron chi connectivity index (χ0n) is 16.7. The third kappa shape index (κ3) is 8.51. The molecule has 2 atom stereocenters. The number of unbranched alkanes of at least 4 members (excludes halogenated alkanes) is 5. The smallest absolute Gasteiger partial charge is 0.286 e. The summed E-state index contributed by atoms with van der Waals surface area (Å²) in [7, 11) is 0. The largest absolute Gasteiger partial charge is 0.328 e. The SMILES string of the molecule is CCCCCCCCC(C(C)CC)C(OCC)(OCC)OCC. The van der Waals surface area contributed by atoms with E-state index in [1.54, 1.807) is 0 Å². The molecule has 0 aromatic heterocycles. The van der Waals surface area contributed by atoms with Crippen LogP contribution in [0.4, 0.5) is 0 Å². The molecular formula is C20H42O3. The van der Waals surface area contributed by atoms with Gasteiger partial charge in [0.25, 0.3) is 5.97 Å². The van der Waals surface area contributed by atoms with Gasteiger partial charge in [-0.1, -0.05) is 65.7 Å². The van der Waals surface area contributed by atoms with Crippen molar-refractivity contribution >= 4 is 0 Å². The first-order valence-corrected chi connectivity index (χ1v) is 10.0. The molecule has 0 aliphatic rings. The number of hydrogen-bond acceptors (Lipinski definition) is 3. The van der Waals surface area contributed by atoms with Gasteiger partial charge in [-0.25, -0.2) is 0 Å². The molecule has 0 aromatic rings. The highest BCUT2D eigenvalue weighted by Crippen LogP contribution is 2.37. The molecule has 0 aliphatic carbocycles. The summed E-state index contributed by atoms with van der Waals surface area (Å²) in [5.41, 5.74) is 0. The Kier molecular flexibility index (Phi) is 14.2. The molecule has 23 heavy (non-hydrogen) atoms. The predicted octanol–water partition coefficient (Wildman–Crippen LogP) is 6.16. The van der Waals surface area contributed by atoms with Crippen LogP contribution in [0.15, 0.2) is 0 Å². The van der Waals surface area contributed by atoms with E-state index in [0.717, 1.165) is 12.8 Å². The molecule has 0 spiro atoms. The van der Waals surface area contributed by atoms with E-state index in [0.29, 0.717) is 31.7 Å². The standard InChI is InChI=1S/C20H42O3/c1-7-12-13-14-15-16-17-19(18(6)8-2)20(21-9-3,22-10-4)23-11-5/h18-19H,7-17H2,1-6H3. The summed E-state index contributed by atoms with van der Waals surface area (Å²) in [6.45, 7) is 14.7. The van der Waals surface area contributed by atoms with Crippen molar-refractivity contribution in [1.29, 1.82) is 0 Å². The Bertz CT molecular complexity index is 238. The maximum Gasteiger partial charge on any atom is 0.286 e. The zero-order chi connectivity index (χ0) is 17.6. The molecule has 3 nitrogen and oxygen atoms in total. The van der Waals surface area contributed by atoms with Crippen molar-refractivity contribution in [1.82, 2.24) is 0 Å². The van der Waals surface area contributed by atoms with Crippen LogP contribution in [-0.2, 0) is 14.2 Å². The normalized spacial score (nSPS) is 14.9. The van der Waals surface area contributed by atoms with E-state index in [-0.39, 0.29) is 0 Å². The first kappa shape index (κ1) is 22.9. The fourth-order valence-corrected chi connectivity index (χ4v) is 3.29. The lowest BCUT2D eigenvalue weighted by Gasteiger charge is -2.41. The topological polar surface area (TPSA) is 27.7 Å². The van der Waals surface area contributed by atoms with Crippen molar-refractivity contribution < 1.29 is 14.2 Å². The van der Waals surface area contributed by atoms with Crippen LogP contribution in [0.2, 0.25) is 0 Å². The van der Waals surface area contributed by atoms with Crippen molar-refractivity contribution in [3.05, 3.63) is 0 Å². The van der Waals surface area contributed by atoms with Crippen LogP contribution in [0.3, 0.4) is 0 Å². The minimum Gasteiger partial charge on any atom is -0.328 e. The second-order valence-electron chi connectivity index (χ2n) is 6.45. The molecule has 0 fully saturated rings. The second-order valence-corrected chi connectivity index (χ2v) is 6.45. The van der Waals surface area contributed by atoms with E-state index < -0.39 is 5.97 Å². The molecular weight excluding hydrogens is 288 g/mol. The molecule has 0 N–H and O–H groups in total. The molecule has 0 saturated heterocycles. The Morgan fingerprint density at radius 1 is 0.696 bits per heavy atom. The Morgan fingerprint density at radius 3 is 1.61 bits per heavy atom. The fraction of sp³-hybridized carbons (Fsp3) is 1.00. The van der Waals surface area contributed by atoms with Gasteiger partial charge < -0.3 is 14.2 Å². The van der Waals surface area contributed by atoms with Gasteiger partial charge in [0.2, 0.25) is 0 Å². The highest BCUT2D eigenvalue weighted by Gasteiger charge is 2.44. The predicted molar refractivity (Wildman–Crippen MR) is 98.5 cm³/mol. The average molecular weight is 331 g/mol. The van der Waals surface area contributed by atoms with Gasteiger partial charge in [0.1, 0.15) is 0 Å². The third-order valence-electron chi connectivity index (χ3n) is 4.69. The minimum atomic E-state index is -0.864. The van der Waals surface area contributed by atoms with Gasteiger partial charge in [0.15, 0.2) is 0 Å². The van der Waals surface area contributed by atoms with E-state index in [1.165, 1.54) is 38.5 Å². The summed E-state index contributed by atoms with van der Waals surface area (Å²) in [5, 5.41) is 0. The molecule has 0 aromatic carbocycles. The quantitative estimate of drug-likeness (QED) is 0.250. The number of hydrogen-bond donors (Lipinski definition) is 0. The van der Waals surface area contributed by atoms with E-state index in [9.17, 15) is 0 Å². The monoisotopic (exact) mass is 330 g/mol. The molecule has 0 heterocycles. The minimum absolute atomic E-state index is 0.290. The summed E-state index contributed by atoms with van der Waals surface area (Å²) in [6, 6.07) is 0. The summed E-state index contributed by atoms with van der Waals surface area (Å²) in [6.07, 6.45) is 10.1. The summed E-state index contributed by atoms with van der Waals surface area (Å²) in [5.74, 6) is -0.0503. The fourth-order valence-electron chi connectivity index (χ4n) is 3.29. The molecule has 0 radical (unpaired) electrons. The Hall–Kier alpha value is -0.120. The lowest BCUT2D eigenvalue weighted by molar-refractivity contribution is -0.408. The maximum absolute atomic E-state index is 6.05. The van der Waals surface area contributed by atoms with Gasteiger partial charge in [0, 0.05) is 25.7 Å². The Labute approximate surface area is 145 Å². The van der Waals surface area contributed by atoms with Gasteiger partial charge in [-0.15, -0.1) is 0 Å². The van der Waals surface area contributed by atoms with Crippen LogP contribution in [0.5, 0.6) is 0 Å². The lowest BCUT2D eigenvalue weighted by atomic mass is 9.84. The number of rotatable bonds is 16. The Morgan fingerprint density at radius 2 is 1.17 bits per heavy atom. The first-order chi connectivity index (χ1) is 11.1. The molecule has 0 rings (SSSR count). The van der Waals surface area contributed by atoms with Gasteiger partial charge in [-0.3, -0.25) is 0 Å². The summed E-state index contributed by atoms with van der Waals surface area (Å²) in [4.78, 5) is 0. The van der Waals surface area contributed by atoms with Crippen LogP contribution in [0.1, 0.15) is 92.9 Å². The molecule has 0 bridgehead atoms. The van der Waals surface area contributed by atoms with Gasteiger partial charge in [-0.2, -0.15) is 0 Å². The van der Waals surface area contributed by atoms with Gasteiger partial charge in [0.05, 0.1) is 0 Å². The molecule has 140 valence electrons. The van der Waals surface area contributed by atoms with Crippen molar-refractivity contribution in [2.45, 2.75) is 98.9 Å². The van der Waals surface area contributed by atoms with Crippen molar-refractivity contribution in [3.63, 3.8) is 0 Å². The Balaban J connectivity index is 4.83. The van der Waals surface area contributed by atoms with Crippen molar-refractivity contribution in [3.8, 4) is 0 Å². The molecule has 2 unspecified atom stereocenters. The van der Waals surface area contributed by atoms with E-state index in [1.807, 2.05) is 20.8 Å². The summed E-state index contributed by atoms with van der Waals surface area (Å²) >= 11 is 0. The maximum atomic E-state index is 6.05. The van der Waals surface area contributed by atoms with E-state index >= 15 is 0 Å². The summed E-state index contributed by atoms with van der Waals surface area (Å²) < 4.78 is 18.1. The van der Waals surface area contributed by atoms with Crippen molar-refractivity contribution in [2.24, 2.45) is 11.8 Å². The highest BCUT2D eigenvalue weighted by atomic mass is 16.9. The van der Waals surface area contributed by atoms with E-state index in [4.69, 9.17) is 14.2 Å². The van der Waals surface area contributed by atoms with Gasteiger partial charge in [-0.05, 0) is 33.1 Å². The van der Waals surface area contributed by atoms with Crippen molar-refractivity contribution in [2.75, 3.05) is 19.8 Å².